The molecule has 0 saturated carbocycles. The number of aliphatic carboxylic acids is 1. The Morgan fingerprint density at radius 2 is 2.24 bits per heavy atom. The Hall–Kier alpha value is -1.62. The summed E-state index contributed by atoms with van der Waals surface area (Å²) in [5.74, 6) is -1.31. The van der Waals surface area contributed by atoms with Gasteiger partial charge in [-0.3, -0.25) is 4.79 Å². The number of carboxylic acid groups (broad SMARTS) is 1. The van der Waals surface area contributed by atoms with Crippen molar-refractivity contribution < 1.29 is 19.0 Å². The first kappa shape index (κ1) is 13.4. The topological polar surface area (TPSA) is 72.5 Å². The maximum Gasteiger partial charge on any atom is 0.303 e. The molecule has 1 unspecified atom stereocenters. The first-order valence-electron chi connectivity index (χ1n) is 5.27. The van der Waals surface area contributed by atoms with Gasteiger partial charge in [0.05, 0.1) is 7.11 Å². The molecule has 0 aliphatic rings. The summed E-state index contributed by atoms with van der Waals surface area (Å²) >= 11 is 0. The SMILES string of the molecule is COc1c(F)ccc(C)c1C(N)CCC(=O)O. The Kier molecular flexibility index (Phi) is 4.45. The average Bonchev–Trinajstić information content (AvgIpc) is 2.28. The number of carboxylic acids is 1. The molecule has 4 nitrogen and oxygen atoms in total. The highest BCUT2D eigenvalue weighted by atomic mass is 19.1. The van der Waals surface area contributed by atoms with Crippen molar-refractivity contribution in [2.75, 3.05) is 7.11 Å². The number of nitrogens with two attached hydrogens (primary N) is 1. The smallest absolute Gasteiger partial charge is 0.303 e. The lowest BCUT2D eigenvalue weighted by Crippen LogP contribution is -2.15. The zero-order valence-corrected chi connectivity index (χ0v) is 9.87. The molecule has 0 aromatic heterocycles. The first-order chi connectivity index (χ1) is 7.97. The van der Waals surface area contributed by atoms with E-state index in [0.717, 1.165) is 5.56 Å². The molecule has 94 valence electrons. The molecule has 5 heteroatoms. The maximum atomic E-state index is 13.5. The number of methoxy groups -OCH3 is 1. The monoisotopic (exact) mass is 241 g/mol. The van der Waals surface area contributed by atoms with Crippen LogP contribution in [0.2, 0.25) is 0 Å². The van der Waals surface area contributed by atoms with E-state index in [0.29, 0.717) is 5.56 Å². The summed E-state index contributed by atoms with van der Waals surface area (Å²) in [4.78, 5) is 10.5. The van der Waals surface area contributed by atoms with E-state index in [1.165, 1.54) is 13.2 Å². The van der Waals surface area contributed by atoms with Gasteiger partial charge in [0, 0.05) is 18.0 Å². The minimum absolute atomic E-state index is 0.0553. The maximum absolute atomic E-state index is 13.5. The van der Waals surface area contributed by atoms with Gasteiger partial charge in [-0.05, 0) is 25.0 Å². The summed E-state index contributed by atoms with van der Waals surface area (Å²) in [6.45, 7) is 1.79. The van der Waals surface area contributed by atoms with Gasteiger partial charge >= 0.3 is 5.97 Å². The van der Waals surface area contributed by atoms with Crippen LogP contribution in [-0.4, -0.2) is 18.2 Å². The van der Waals surface area contributed by atoms with Crippen LogP contribution in [0.15, 0.2) is 12.1 Å². The van der Waals surface area contributed by atoms with E-state index >= 15 is 0 Å². The second-order valence-electron chi connectivity index (χ2n) is 3.85. The second kappa shape index (κ2) is 5.63. The van der Waals surface area contributed by atoms with Gasteiger partial charge < -0.3 is 15.6 Å². The van der Waals surface area contributed by atoms with Crippen LogP contribution in [0.4, 0.5) is 4.39 Å². The lowest BCUT2D eigenvalue weighted by atomic mass is 9.97. The third-order valence-electron chi connectivity index (χ3n) is 2.61. The minimum Gasteiger partial charge on any atom is -0.493 e. The third kappa shape index (κ3) is 3.17. The van der Waals surface area contributed by atoms with E-state index in [-0.39, 0.29) is 18.6 Å². The van der Waals surface area contributed by atoms with Crippen LogP contribution >= 0.6 is 0 Å². The van der Waals surface area contributed by atoms with Crippen LogP contribution < -0.4 is 10.5 Å². The highest BCUT2D eigenvalue weighted by molar-refractivity contribution is 5.66. The molecule has 1 aromatic carbocycles. The molecule has 1 rings (SSSR count). The molecular formula is C12H16FNO3. The quantitative estimate of drug-likeness (QED) is 0.827. The first-order valence-corrected chi connectivity index (χ1v) is 5.27. The second-order valence-corrected chi connectivity index (χ2v) is 3.85. The van der Waals surface area contributed by atoms with Crippen LogP contribution in [0, 0.1) is 12.7 Å². The Morgan fingerprint density at radius 1 is 1.59 bits per heavy atom. The van der Waals surface area contributed by atoms with E-state index in [1.54, 1.807) is 13.0 Å². The summed E-state index contributed by atoms with van der Waals surface area (Å²) in [5, 5.41) is 8.60. The number of hydrogen-bond donors (Lipinski definition) is 2. The summed E-state index contributed by atoms with van der Waals surface area (Å²) in [6, 6.07) is 2.37. The Morgan fingerprint density at radius 3 is 2.76 bits per heavy atom. The van der Waals surface area contributed by atoms with Crippen LogP contribution in [0.25, 0.3) is 0 Å². The number of carbonyl (C=O) groups is 1. The number of halogens is 1. The number of ether oxygens (including phenoxy) is 1. The predicted octanol–water partition coefficient (Wildman–Crippen LogP) is 2.01. The van der Waals surface area contributed by atoms with E-state index in [1.807, 2.05) is 0 Å². The standard InChI is InChI=1S/C12H16FNO3/c1-7-3-4-8(13)12(17-2)11(7)9(14)5-6-10(15)16/h3-4,9H,5-6,14H2,1-2H3,(H,15,16). The molecule has 0 amide bonds. The summed E-state index contributed by atoms with van der Waals surface area (Å²) < 4.78 is 18.5. The number of aryl methyl sites for hydroxylation is 1. The van der Waals surface area contributed by atoms with E-state index in [4.69, 9.17) is 15.6 Å². The van der Waals surface area contributed by atoms with E-state index < -0.39 is 17.8 Å². The Bertz CT molecular complexity index is 420. The van der Waals surface area contributed by atoms with Gasteiger partial charge in [0.15, 0.2) is 11.6 Å². The average molecular weight is 241 g/mol. The summed E-state index contributed by atoms with van der Waals surface area (Å²) in [5.41, 5.74) is 7.21. The molecule has 17 heavy (non-hydrogen) atoms. The molecule has 0 radical (unpaired) electrons. The van der Waals surface area contributed by atoms with Gasteiger partial charge in [-0.25, -0.2) is 4.39 Å². The van der Waals surface area contributed by atoms with Crippen molar-refractivity contribution in [3.05, 3.63) is 29.1 Å². The van der Waals surface area contributed by atoms with Crippen molar-refractivity contribution in [2.24, 2.45) is 5.73 Å². The van der Waals surface area contributed by atoms with Crippen molar-refractivity contribution in [1.29, 1.82) is 0 Å². The third-order valence-corrected chi connectivity index (χ3v) is 2.61. The predicted molar refractivity (Wildman–Crippen MR) is 61.5 cm³/mol. The molecule has 0 aliphatic heterocycles. The normalized spacial score (nSPS) is 12.2. The van der Waals surface area contributed by atoms with Gasteiger partial charge in [-0.15, -0.1) is 0 Å². The summed E-state index contributed by atoms with van der Waals surface area (Å²) in [6.07, 6.45) is 0.191. The molecule has 0 aliphatic carbocycles. The Balaban J connectivity index is 3.02. The molecule has 0 bridgehead atoms. The van der Waals surface area contributed by atoms with Gasteiger partial charge in [0.1, 0.15) is 0 Å². The van der Waals surface area contributed by atoms with E-state index in [2.05, 4.69) is 0 Å². The van der Waals surface area contributed by atoms with Crippen molar-refractivity contribution in [3.8, 4) is 5.75 Å². The van der Waals surface area contributed by atoms with Crippen molar-refractivity contribution >= 4 is 5.97 Å². The van der Waals surface area contributed by atoms with Crippen LogP contribution in [0.1, 0.15) is 30.0 Å². The summed E-state index contributed by atoms with van der Waals surface area (Å²) in [7, 11) is 1.37. The molecule has 0 heterocycles. The van der Waals surface area contributed by atoms with Gasteiger partial charge in [-0.2, -0.15) is 0 Å². The van der Waals surface area contributed by atoms with Gasteiger partial charge in [0.2, 0.25) is 0 Å². The Labute approximate surface area is 99.2 Å². The van der Waals surface area contributed by atoms with Gasteiger partial charge in [-0.1, -0.05) is 6.07 Å². The number of benzene rings is 1. The number of hydrogen-bond acceptors (Lipinski definition) is 3. The zero-order chi connectivity index (χ0) is 13.0. The van der Waals surface area contributed by atoms with Crippen molar-refractivity contribution in [1.82, 2.24) is 0 Å². The van der Waals surface area contributed by atoms with Crippen LogP contribution in [0.3, 0.4) is 0 Å². The molecular weight excluding hydrogens is 225 g/mol. The molecule has 3 N–H and O–H groups in total. The molecule has 1 aromatic rings. The highest BCUT2D eigenvalue weighted by Crippen LogP contribution is 2.32. The number of rotatable bonds is 5. The van der Waals surface area contributed by atoms with Crippen LogP contribution in [-0.2, 0) is 4.79 Å². The lowest BCUT2D eigenvalue weighted by molar-refractivity contribution is -0.137. The van der Waals surface area contributed by atoms with Crippen LogP contribution in [0.5, 0.6) is 5.75 Å². The zero-order valence-electron chi connectivity index (χ0n) is 9.87. The van der Waals surface area contributed by atoms with Crippen molar-refractivity contribution in [2.45, 2.75) is 25.8 Å². The largest absolute Gasteiger partial charge is 0.493 e. The fourth-order valence-electron chi connectivity index (χ4n) is 1.76. The van der Waals surface area contributed by atoms with Crippen molar-refractivity contribution in [3.63, 3.8) is 0 Å². The highest BCUT2D eigenvalue weighted by Gasteiger charge is 2.18. The van der Waals surface area contributed by atoms with Gasteiger partial charge in [0.25, 0.3) is 0 Å². The minimum atomic E-state index is -0.923. The molecule has 0 saturated heterocycles. The fraction of sp³-hybridized carbons (Fsp3) is 0.417. The lowest BCUT2D eigenvalue weighted by Gasteiger charge is -2.18. The molecule has 0 spiro atoms. The molecule has 1 atom stereocenters. The molecule has 0 fully saturated rings. The van der Waals surface area contributed by atoms with E-state index in [9.17, 15) is 9.18 Å². The fourth-order valence-corrected chi connectivity index (χ4v) is 1.76.